The van der Waals surface area contributed by atoms with E-state index in [9.17, 15) is 15.0 Å². The number of benzene rings is 1. The average molecular weight is 479 g/mol. The van der Waals surface area contributed by atoms with Crippen molar-refractivity contribution < 1.29 is 19.7 Å². The molecule has 0 saturated carbocycles. The number of piperidine rings is 1. The number of thiophene rings is 1. The Labute approximate surface area is 204 Å². The van der Waals surface area contributed by atoms with E-state index in [-0.39, 0.29) is 18.3 Å². The molecule has 0 unspecified atom stereocenters. The maximum atomic E-state index is 11.5. The van der Waals surface area contributed by atoms with E-state index in [0.29, 0.717) is 13.0 Å². The third kappa shape index (κ3) is 6.15. The van der Waals surface area contributed by atoms with Crippen LogP contribution in [0.1, 0.15) is 42.2 Å². The van der Waals surface area contributed by atoms with Crippen LogP contribution in [0.25, 0.3) is 10.9 Å². The number of hydrogen-bond acceptors (Lipinski definition) is 6. The number of aliphatic hydroxyl groups is 1. The lowest BCUT2D eigenvalue weighted by Gasteiger charge is -2.37. The number of hydrogen-bond donors (Lipinski definition) is 2. The van der Waals surface area contributed by atoms with Crippen LogP contribution in [0.15, 0.2) is 48.0 Å². The fraction of sp³-hybridized carbons (Fsp3) is 0.407. The molecule has 3 aromatic rings. The van der Waals surface area contributed by atoms with Gasteiger partial charge in [-0.05, 0) is 78.9 Å². The topological polar surface area (TPSA) is 82.9 Å². The standard InChI is InChI=1S/C27H30N2O4S/c1-33-21-7-8-25-24(17-21)23(10-12-28-25)26(30)9-6-19-11-14-29(18-20(19)16-27(31)32)13-2-4-22-5-3-15-34-22/h3,5,7-8,10,12,15,17,19-20,26,30H,6,9,11,13-14,16,18H2,1H3,(H,31,32)/t19-,20+,26+/m1/s1. The van der Waals surface area contributed by atoms with E-state index in [0.717, 1.165) is 53.0 Å². The first kappa shape index (κ1) is 24.2. The molecule has 0 spiro atoms. The average Bonchev–Trinajstić information content (AvgIpc) is 3.36. The number of pyridine rings is 1. The number of fused-ring (bicyclic) bond motifs is 1. The molecule has 3 heterocycles. The summed E-state index contributed by atoms with van der Waals surface area (Å²) in [5.74, 6) is 6.68. The van der Waals surface area contributed by atoms with Crippen molar-refractivity contribution in [2.45, 2.75) is 31.8 Å². The third-order valence-corrected chi connectivity index (χ3v) is 7.39. The number of carbonyl (C=O) groups is 1. The fourth-order valence-corrected chi connectivity index (χ4v) is 5.41. The lowest BCUT2D eigenvalue weighted by atomic mass is 9.79. The molecule has 2 aromatic heterocycles. The molecule has 2 N–H and O–H groups in total. The second-order valence-corrected chi connectivity index (χ2v) is 9.74. The second kappa shape index (κ2) is 11.5. The molecule has 1 aliphatic heterocycles. The number of likely N-dealkylation sites (tertiary alicyclic amines) is 1. The van der Waals surface area contributed by atoms with Crippen LogP contribution in [0.2, 0.25) is 0 Å². The first-order valence-electron chi connectivity index (χ1n) is 11.6. The zero-order chi connectivity index (χ0) is 23.9. The van der Waals surface area contributed by atoms with Crippen molar-refractivity contribution in [3.05, 3.63) is 58.4 Å². The van der Waals surface area contributed by atoms with E-state index >= 15 is 0 Å². The monoisotopic (exact) mass is 478 g/mol. The van der Waals surface area contributed by atoms with Crippen LogP contribution in [0.5, 0.6) is 5.75 Å². The highest BCUT2D eigenvalue weighted by atomic mass is 32.1. The van der Waals surface area contributed by atoms with Gasteiger partial charge in [-0.2, -0.15) is 0 Å². The number of carboxylic acids is 1. The summed E-state index contributed by atoms with van der Waals surface area (Å²) in [6, 6.07) is 11.5. The Hall–Kier alpha value is -2.92. The maximum absolute atomic E-state index is 11.5. The smallest absolute Gasteiger partial charge is 0.303 e. The summed E-state index contributed by atoms with van der Waals surface area (Å²) in [6.07, 6.45) is 3.49. The molecule has 1 saturated heterocycles. The lowest BCUT2D eigenvalue weighted by Crippen LogP contribution is -2.41. The summed E-state index contributed by atoms with van der Waals surface area (Å²) in [5, 5.41) is 23.4. The highest BCUT2D eigenvalue weighted by molar-refractivity contribution is 7.10. The Morgan fingerprint density at radius 2 is 2.21 bits per heavy atom. The minimum absolute atomic E-state index is 0.0521. The van der Waals surface area contributed by atoms with Gasteiger partial charge in [0.25, 0.3) is 0 Å². The molecule has 7 heteroatoms. The van der Waals surface area contributed by atoms with E-state index in [4.69, 9.17) is 4.74 Å². The van der Waals surface area contributed by atoms with Gasteiger partial charge in [0.2, 0.25) is 0 Å². The van der Waals surface area contributed by atoms with Crippen molar-refractivity contribution in [1.29, 1.82) is 0 Å². The minimum Gasteiger partial charge on any atom is -0.497 e. The molecule has 1 aliphatic rings. The van der Waals surface area contributed by atoms with Gasteiger partial charge in [0, 0.05) is 24.5 Å². The number of ether oxygens (including phenoxy) is 1. The van der Waals surface area contributed by atoms with Crippen LogP contribution in [0, 0.1) is 23.7 Å². The van der Waals surface area contributed by atoms with Crippen molar-refractivity contribution in [1.82, 2.24) is 9.88 Å². The summed E-state index contributed by atoms with van der Waals surface area (Å²) in [6.45, 7) is 2.27. The van der Waals surface area contributed by atoms with Crippen LogP contribution >= 0.6 is 11.3 Å². The molecule has 1 fully saturated rings. The highest BCUT2D eigenvalue weighted by Gasteiger charge is 2.31. The predicted octanol–water partition coefficient (Wildman–Crippen LogP) is 4.58. The Kier molecular flexibility index (Phi) is 8.17. The quantitative estimate of drug-likeness (QED) is 0.461. The van der Waals surface area contributed by atoms with Gasteiger partial charge in [-0.15, -0.1) is 11.3 Å². The molecule has 34 heavy (non-hydrogen) atoms. The molecule has 0 aliphatic carbocycles. The normalized spacial score (nSPS) is 19.4. The summed E-state index contributed by atoms with van der Waals surface area (Å²) in [7, 11) is 1.62. The number of nitrogens with zero attached hydrogens (tertiary/aromatic N) is 2. The summed E-state index contributed by atoms with van der Waals surface area (Å²) < 4.78 is 5.34. The first-order chi connectivity index (χ1) is 16.5. The van der Waals surface area contributed by atoms with E-state index in [1.54, 1.807) is 24.6 Å². The molecule has 6 nitrogen and oxygen atoms in total. The van der Waals surface area contributed by atoms with Crippen molar-refractivity contribution >= 4 is 28.2 Å². The van der Waals surface area contributed by atoms with Crippen LogP contribution < -0.4 is 4.74 Å². The Morgan fingerprint density at radius 3 is 2.97 bits per heavy atom. The molecule has 0 radical (unpaired) electrons. The summed E-state index contributed by atoms with van der Waals surface area (Å²) in [4.78, 5) is 19.2. The van der Waals surface area contributed by atoms with Crippen molar-refractivity contribution in [3.63, 3.8) is 0 Å². The first-order valence-corrected chi connectivity index (χ1v) is 12.5. The molecule has 0 amide bonds. The molecule has 1 aromatic carbocycles. The number of carboxylic acid groups (broad SMARTS) is 1. The van der Waals surface area contributed by atoms with Crippen LogP contribution in [-0.4, -0.2) is 52.8 Å². The van der Waals surface area contributed by atoms with Gasteiger partial charge in [-0.1, -0.05) is 17.9 Å². The van der Waals surface area contributed by atoms with E-state index in [1.165, 1.54) is 0 Å². The zero-order valence-corrected chi connectivity index (χ0v) is 20.1. The summed E-state index contributed by atoms with van der Waals surface area (Å²) in [5.41, 5.74) is 1.65. The van der Waals surface area contributed by atoms with Gasteiger partial charge in [0.15, 0.2) is 0 Å². The van der Waals surface area contributed by atoms with Gasteiger partial charge < -0.3 is 14.9 Å². The molecule has 0 bridgehead atoms. The predicted molar refractivity (Wildman–Crippen MR) is 134 cm³/mol. The number of aromatic nitrogens is 1. The lowest BCUT2D eigenvalue weighted by molar-refractivity contribution is -0.139. The Balaban J connectivity index is 1.39. The Morgan fingerprint density at radius 1 is 1.32 bits per heavy atom. The fourth-order valence-electron chi connectivity index (χ4n) is 4.81. The van der Waals surface area contributed by atoms with Crippen LogP contribution in [-0.2, 0) is 4.79 Å². The van der Waals surface area contributed by atoms with E-state index < -0.39 is 12.1 Å². The van der Waals surface area contributed by atoms with Crippen molar-refractivity contribution in [3.8, 4) is 17.6 Å². The number of methoxy groups -OCH3 is 1. The second-order valence-electron chi connectivity index (χ2n) is 8.80. The summed E-state index contributed by atoms with van der Waals surface area (Å²) >= 11 is 1.62. The highest BCUT2D eigenvalue weighted by Crippen LogP contribution is 2.34. The molecule has 4 rings (SSSR count). The molecular formula is C27H30N2O4S. The minimum atomic E-state index is -0.769. The Bertz CT molecular complexity index is 1170. The largest absolute Gasteiger partial charge is 0.497 e. The number of rotatable bonds is 8. The van der Waals surface area contributed by atoms with Crippen molar-refractivity contribution in [2.24, 2.45) is 11.8 Å². The maximum Gasteiger partial charge on any atom is 0.303 e. The molecular weight excluding hydrogens is 448 g/mol. The van der Waals surface area contributed by atoms with Crippen LogP contribution in [0.4, 0.5) is 0 Å². The number of aliphatic hydroxyl groups excluding tert-OH is 1. The van der Waals surface area contributed by atoms with Crippen molar-refractivity contribution in [2.75, 3.05) is 26.7 Å². The molecule has 178 valence electrons. The zero-order valence-electron chi connectivity index (χ0n) is 19.3. The van der Waals surface area contributed by atoms with Gasteiger partial charge >= 0.3 is 5.97 Å². The van der Waals surface area contributed by atoms with Gasteiger partial charge in [-0.3, -0.25) is 14.7 Å². The third-order valence-electron chi connectivity index (χ3n) is 6.60. The number of aliphatic carboxylic acids is 1. The van der Waals surface area contributed by atoms with Gasteiger partial charge in [0.1, 0.15) is 5.75 Å². The van der Waals surface area contributed by atoms with Gasteiger partial charge in [-0.25, -0.2) is 0 Å². The van der Waals surface area contributed by atoms with E-state index in [1.807, 2.05) is 41.8 Å². The van der Waals surface area contributed by atoms with E-state index in [2.05, 4.69) is 21.7 Å². The van der Waals surface area contributed by atoms with Crippen LogP contribution in [0.3, 0.4) is 0 Å². The SMILES string of the molecule is COc1ccc2nccc([C@@H](O)CC[C@@H]3CCN(CC#Cc4cccs4)C[C@@H]3CC(=O)O)c2c1. The van der Waals surface area contributed by atoms with Gasteiger partial charge in [0.05, 0.1) is 30.2 Å². The molecule has 3 atom stereocenters.